The minimum Gasteiger partial charge on any atom is -0.546 e. The first-order valence-electron chi connectivity index (χ1n) is 7.33. The quantitative estimate of drug-likeness (QED) is 0.333. The van der Waals surface area contributed by atoms with Crippen molar-refractivity contribution in [1.29, 1.82) is 0 Å². The molecule has 0 saturated heterocycles. The number of carboxylic acids is 1. The van der Waals surface area contributed by atoms with Gasteiger partial charge in [-0.05, 0) is 35.4 Å². The fourth-order valence-corrected chi connectivity index (χ4v) is 1.80. The fraction of sp³-hybridized carbons (Fsp3) is 0.167. The van der Waals surface area contributed by atoms with Crippen LogP contribution in [-0.4, -0.2) is 61.2 Å². The van der Waals surface area contributed by atoms with Crippen molar-refractivity contribution in [2.24, 2.45) is 10.3 Å². The number of carboxylic acid groups (broad SMARTS) is 1. The van der Waals surface area contributed by atoms with Crippen LogP contribution in [0.5, 0.6) is 5.75 Å². The van der Waals surface area contributed by atoms with E-state index in [1.807, 2.05) is 62.6 Å². The average molecular weight is 347 g/mol. The van der Waals surface area contributed by atoms with E-state index in [2.05, 4.69) is 10.3 Å². The van der Waals surface area contributed by atoms with Crippen LogP contribution < -0.4 is 9.84 Å². The molecule has 25 heavy (non-hydrogen) atoms. The number of nitrogens with zero attached hydrogens (tertiary/aromatic N) is 3. The predicted molar refractivity (Wildman–Crippen MR) is 96.3 cm³/mol. The first kappa shape index (κ1) is 20.9. The largest absolute Gasteiger partial charge is 0.546 e. The van der Waals surface area contributed by atoms with E-state index < -0.39 is 12.6 Å². The summed E-state index contributed by atoms with van der Waals surface area (Å²) in [5.74, 6) is -0.750. The van der Waals surface area contributed by atoms with Gasteiger partial charge in [-0.25, -0.2) is 0 Å². The summed E-state index contributed by atoms with van der Waals surface area (Å²) in [5, 5.41) is 20.0. The Morgan fingerprint density at radius 2 is 1.56 bits per heavy atom. The molecule has 0 bridgehead atoms. The molecule has 1 radical (unpaired) electrons. The van der Waals surface area contributed by atoms with Gasteiger partial charge >= 0.3 is 0 Å². The van der Waals surface area contributed by atoms with E-state index in [9.17, 15) is 9.90 Å². The fourth-order valence-electron chi connectivity index (χ4n) is 1.80. The smallest absolute Gasteiger partial charge is 0.128 e. The summed E-state index contributed by atoms with van der Waals surface area (Å²) in [7, 11) is 3.63. The van der Waals surface area contributed by atoms with E-state index in [0.29, 0.717) is 5.75 Å². The molecule has 0 aliphatic heterocycles. The molecule has 125 valence electrons. The van der Waals surface area contributed by atoms with Gasteiger partial charge in [0, 0.05) is 43.7 Å². The molecule has 0 saturated carbocycles. The summed E-state index contributed by atoms with van der Waals surface area (Å²) in [6.07, 6.45) is 3.93. The zero-order chi connectivity index (χ0) is 17.4. The van der Waals surface area contributed by atoms with E-state index in [1.165, 1.54) is 0 Å². The standard InChI is InChI=1S/C18H19N3O3.Na/c1-21(2)20-19-16-9-5-14(6-10-16)3-4-15-7-11-17(12-8-15)24-13-18(22)23;/h3-12H,13H2,1-2H3,(H,22,23);/p-1/b4-3-,20-19?;. The molecule has 0 N–H and O–H groups in total. The molecule has 0 atom stereocenters. The molecule has 2 aromatic rings. The Hall–Kier alpha value is -2.15. The summed E-state index contributed by atoms with van der Waals surface area (Å²) in [6, 6.07) is 14.8. The van der Waals surface area contributed by atoms with Gasteiger partial charge in [0.1, 0.15) is 12.4 Å². The van der Waals surface area contributed by atoms with E-state index >= 15 is 0 Å². The molecule has 7 heteroatoms. The Morgan fingerprint density at radius 1 is 1.04 bits per heavy atom. The number of aliphatic carboxylic acids is 1. The normalized spacial score (nSPS) is 10.6. The minimum atomic E-state index is -1.24. The van der Waals surface area contributed by atoms with Crippen LogP contribution in [0, 0.1) is 0 Å². The van der Waals surface area contributed by atoms with Crippen LogP contribution in [0.25, 0.3) is 12.2 Å². The number of carbonyl (C=O) groups is 1. The Bertz CT molecular complexity index is 726. The Balaban J connectivity index is 0.00000312. The molecule has 0 aromatic heterocycles. The van der Waals surface area contributed by atoms with Crippen LogP contribution in [0.1, 0.15) is 11.1 Å². The second-order valence-electron chi connectivity index (χ2n) is 5.19. The molecule has 0 aliphatic rings. The van der Waals surface area contributed by atoms with E-state index in [4.69, 9.17) is 4.74 Å². The van der Waals surface area contributed by atoms with Crippen molar-refractivity contribution in [3.8, 4) is 5.75 Å². The average Bonchev–Trinajstić information content (AvgIpc) is 2.58. The van der Waals surface area contributed by atoms with Crippen LogP contribution in [0.3, 0.4) is 0 Å². The van der Waals surface area contributed by atoms with Gasteiger partial charge < -0.3 is 14.6 Å². The number of carbonyl (C=O) groups excluding carboxylic acids is 1. The molecule has 0 unspecified atom stereocenters. The van der Waals surface area contributed by atoms with Crippen LogP contribution in [-0.2, 0) is 4.79 Å². The first-order chi connectivity index (χ1) is 11.5. The third kappa shape index (κ3) is 7.98. The topological polar surface area (TPSA) is 77.3 Å². The van der Waals surface area contributed by atoms with Gasteiger partial charge in [0.15, 0.2) is 0 Å². The van der Waals surface area contributed by atoms with E-state index in [1.54, 1.807) is 17.1 Å². The summed E-state index contributed by atoms with van der Waals surface area (Å²) in [4.78, 5) is 10.3. The summed E-state index contributed by atoms with van der Waals surface area (Å²) in [5.41, 5.74) is 2.80. The Morgan fingerprint density at radius 3 is 2.04 bits per heavy atom. The zero-order valence-electron chi connectivity index (χ0n) is 14.5. The molecule has 0 aliphatic carbocycles. The second-order valence-corrected chi connectivity index (χ2v) is 5.19. The molecule has 2 aromatic carbocycles. The van der Waals surface area contributed by atoms with Crippen LogP contribution >= 0.6 is 0 Å². The monoisotopic (exact) mass is 347 g/mol. The SMILES string of the molecule is CN(C)N=Nc1ccc(/C=C\c2ccc(OCC(=O)[O-])cc2)cc1.[Na]. The summed E-state index contributed by atoms with van der Waals surface area (Å²) >= 11 is 0. The second kappa shape index (κ2) is 10.7. The van der Waals surface area contributed by atoms with Crippen molar-refractivity contribution in [1.82, 2.24) is 5.01 Å². The van der Waals surface area contributed by atoms with Crippen molar-refractivity contribution in [3.63, 3.8) is 0 Å². The van der Waals surface area contributed by atoms with Gasteiger partial charge in [0.05, 0.1) is 11.7 Å². The number of ether oxygens (including phenoxy) is 1. The summed E-state index contributed by atoms with van der Waals surface area (Å²) < 4.78 is 5.03. The molecule has 0 amide bonds. The predicted octanol–water partition coefficient (Wildman–Crippen LogP) is 2.17. The molecular weight excluding hydrogens is 329 g/mol. The molecule has 0 spiro atoms. The minimum absolute atomic E-state index is 0. The van der Waals surface area contributed by atoms with E-state index in [-0.39, 0.29) is 29.6 Å². The number of hydrogen-bond donors (Lipinski definition) is 0. The van der Waals surface area contributed by atoms with Crippen LogP contribution in [0.15, 0.2) is 58.9 Å². The van der Waals surface area contributed by atoms with Crippen molar-refractivity contribution < 1.29 is 14.6 Å². The molecule has 0 fully saturated rings. The molecule has 2 rings (SSSR count). The third-order valence-electron chi connectivity index (χ3n) is 2.94. The zero-order valence-corrected chi connectivity index (χ0v) is 16.5. The van der Waals surface area contributed by atoms with Gasteiger partial charge in [-0.15, -0.1) is 5.11 Å². The number of benzene rings is 2. The van der Waals surface area contributed by atoms with Gasteiger partial charge in [-0.1, -0.05) is 41.6 Å². The van der Waals surface area contributed by atoms with Crippen LogP contribution in [0.4, 0.5) is 5.69 Å². The summed E-state index contributed by atoms with van der Waals surface area (Å²) in [6.45, 7) is -0.452. The van der Waals surface area contributed by atoms with Gasteiger partial charge in [0.25, 0.3) is 0 Å². The third-order valence-corrected chi connectivity index (χ3v) is 2.94. The van der Waals surface area contributed by atoms with Crippen molar-refractivity contribution in [3.05, 3.63) is 59.7 Å². The van der Waals surface area contributed by atoms with E-state index in [0.717, 1.165) is 16.8 Å². The van der Waals surface area contributed by atoms with Gasteiger partial charge in [0.2, 0.25) is 0 Å². The van der Waals surface area contributed by atoms with Gasteiger partial charge in [-0.2, -0.15) is 0 Å². The molecule has 0 heterocycles. The number of hydrogen-bond acceptors (Lipinski definition) is 5. The van der Waals surface area contributed by atoms with Crippen molar-refractivity contribution >= 4 is 53.4 Å². The Labute approximate surface area is 169 Å². The Kier molecular flexibility index (Phi) is 8.91. The maximum Gasteiger partial charge on any atom is 0.128 e. The maximum atomic E-state index is 10.3. The molecular formula is C18H18N3NaO3-. The van der Waals surface area contributed by atoms with Crippen LogP contribution in [0.2, 0.25) is 0 Å². The van der Waals surface area contributed by atoms with Crippen molar-refractivity contribution in [2.45, 2.75) is 0 Å². The first-order valence-corrected chi connectivity index (χ1v) is 7.33. The number of rotatable bonds is 7. The van der Waals surface area contributed by atoms with Crippen molar-refractivity contribution in [2.75, 3.05) is 20.7 Å². The maximum absolute atomic E-state index is 10.3. The molecule has 6 nitrogen and oxygen atoms in total. The van der Waals surface area contributed by atoms with Gasteiger partial charge in [-0.3, -0.25) is 5.01 Å².